The fourth-order valence-corrected chi connectivity index (χ4v) is 5.20. The summed E-state index contributed by atoms with van der Waals surface area (Å²) >= 11 is 0. The number of hydrogen-bond acceptors (Lipinski definition) is 6. The predicted octanol–water partition coefficient (Wildman–Crippen LogP) is 8.57. The van der Waals surface area contributed by atoms with Crippen molar-refractivity contribution in [3.8, 4) is 36.5 Å². The Morgan fingerprint density at radius 3 is 1.19 bits per heavy atom. The third kappa shape index (κ3) is 43.0. The highest BCUT2D eigenvalue weighted by atomic mass is 19.1. The van der Waals surface area contributed by atoms with Gasteiger partial charge in [0, 0.05) is 63.9 Å². The zero-order chi connectivity index (χ0) is 55.0. The molecule has 4 aromatic carbocycles. The molecule has 0 unspecified atom stereocenters. The number of benzene rings is 4. The van der Waals surface area contributed by atoms with E-state index >= 15 is 0 Å². The van der Waals surface area contributed by atoms with Gasteiger partial charge in [0.05, 0.1) is 0 Å². The lowest BCUT2D eigenvalue weighted by molar-refractivity contribution is 0.0296. The molecular weight excluding hydrogens is 909 g/mol. The molecule has 8 radical (unpaired) electrons. The van der Waals surface area contributed by atoms with Crippen molar-refractivity contribution in [2.75, 3.05) is 40.3 Å². The molecule has 376 valence electrons. The van der Waals surface area contributed by atoms with Gasteiger partial charge in [0.15, 0.2) is 0 Å². The van der Waals surface area contributed by atoms with Gasteiger partial charge in [0.1, 0.15) is 34.5 Å². The van der Waals surface area contributed by atoms with E-state index in [9.17, 15) is 27.2 Å². The number of alkyl carbamates (subject to hydrolysis) is 1. The maximum absolute atomic E-state index is 12.7. The maximum atomic E-state index is 12.7. The zero-order valence-electron chi connectivity index (χ0n) is 43.5. The zero-order valence-corrected chi connectivity index (χ0v) is 43.5. The van der Waals surface area contributed by atoms with Crippen LogP contribution in [0.25, 0.3) is 0 Å². The molecule has 0 aromatic heterocycles. The summed E-state index contributed by atoms with van der Waals surface area (Å²) in [5.74, 6) is 7.81. The number of ether oxygens (including phenoxy) is 2. The highest BCUT2D eigenvalue weighted by molar-refractivity contribution is 7.76. The maximum Gasteiger partial charge on any atom is 0.410 e. The summed E-state index contributed by atoms with van der Waals surface area (Å²) < 4.78 is 60.6. The van der Waals surface area contributed by atoms with Gasteiger partial charge in [-0.15, -0.1) is 12.8 Å². The Labute approximate surface area is 435 Å². The number of halogens is 4. The fraction of sp³-hybridized carbons (Fsp3) is 0.407. The Balaban J connectivity index is 0. The number of aryl methyl sites for hydroxylation is 4. The fourth-order valence-electron chi connectivity index (χ4n) is 5.20. The lowest BCUT2D eigenvalue weighted by Gasteiger charge is -2.24. The van der Waals surface area contributed by atoms with E-state index in [-0.39, 0.29) is 29.4 Å². The molecule has 8 nitrogen and oxygen atoms in total. The first-order valence-electron chi connectivity index (χ1n) is 23.5. The molecule has 0 heterocycles. The van der Waals surface area contributed by atoms with E-state index in [1.165, 1.54) is 54.1 Å². The van der Waals surface area contributed by atoms with Crippen molar-refractivity contribution in [1.82, 2.24) is 15.5 Å². The van der Waals surface area contributed by atoms with Crippen LogP contribution < -0.4 is 16.4 Å². The second-order valence-corrected chi connectivity index (χ2v) is 17.8. The molecule has 0 saturated carbocycles. The Bertz CT molecular complexity index is 2160. The van der Waals surface area contributed by atoms with Gasteiger partial charge in [0.25, 0.3) is 0 Å². The third-order valence-corrected chi connectivity index (χ3v) is 8.84. The second kappa shape index (κ2) is 40.7. The number of terminal acetylenes is 2. The number of carbonyl (C=O) groups is 2. The minimum absolute atomic E-state index is 0.160. The Morgan fingerprint density at radius 1 is 0.583 bits per heavy atom. The van der Waals surface area contributed by atoms with Gasteiger partial charge in [-0.3, -0.25) is 0 Å². The molecule has 0 fully saturated rings. The number of nitrogens with two attached hydrogens (primary N) is 1. The summed E-state index contributed by atoms with van der Waals surface area (Å²) in [4.78, 5) is 24.6. The molecule has 0 aliphatic carbocycles. The van der Waals surface area contributed by atoms with Gasteiger partial charge in [-0.05, 0) is 208 Å². The third-order valence-electron chi connectivity index (χ3n) is 8.84. The molecule has 72 heavy (non-hydrogen) atoms. The molecule has 18 heteroatoms. The quantitative estimate of drug-likeness (QED) is 0.0450. The first kappa shape index (κ1) is 68.2. The van der Waals surface area contributed by atoms with E-state index in [4.69, 9.17) is 59.0 Å². The summed E-state index contributed by atoms with van der Waals surface area (Å²) in [6.45, 7) is 13.9. The van der Waals surface area contributed by atoms with E-state index < -0.39 is 30.1 Å². The van der Waals surface area contributed by atoms with E-state index in [0.717, 1.165) is 74.6 Å². The van der Waals surface area contributed by atoms with Gasteiger partial charge in [-0.25, -0.2) is 27.2 Å². The van der Waals surface area contributed by atoms with Crippen LogP contribution in [-0.4, -0.2) is 112 Å². The number of rotatable bonds is 16. The van der Waals surface area contributed by atoms with Gasteiger partial charge < -0.3 is 30.7 Å². The van der Waals surface area contributed by atoms with Crippen LogP contribution in [0.3, 0.4) is 0 Å². The van der Waals surface area contributed by atoms with Crippen LogP contribution in [0, 0.1) is 59.8 Å². The van der Waals surface area contributed by atoms with E-state index in [1.54, 1.807) is 48.3 Å². The van der Waals surface area contributed by atoms with Crippen LogP contribution in [0.15, 0.2) is 97.1 Å². The molecule has 4 aromatic rings. The van der Waals surface area contributed by atoms with Crippen LogP contribution in [0.2, 0.25) is 0 Å². The molecule has 4 rings (SSSR count). The Morgan fingerprint density at radius 2 is 0.903 bits per heavy atom. The Kier molecular flexibility index (Phi) is 38.6. The van der Waals surface area contributed by atoms with Gasteiger partial charge in [0.2, 0.25) is 0 Å². The van der Waals surface area contributed by atoms with Crippen LogP contribution in [0.5, 0.6) is 0 Å². The standard InChI is InChI=1S/C15H22FNO2.C14H20FNO2.C10H14FN.C9H12FN.C6H2.B6/c1-15(2,3)19-14(18)17(4)11-5-6-12-7-9-13(16)10-8-12;1-14(2,3)18-13(17)16-10-4-5-11-6-8-12(15)9-7-11;1-12-8-2-3-9-4-6-10(11)7-5-9;10-9-5-3-8(4-6-9)2-1-7-11;1-3-5-6-4-2;1-5(2)6(3)4/h7-10H,5-6,11H2,1-4H3;6-9H,4-5,10H2,1-3H3,(H,16,17);4-7,12H,2-3,8H2,1H3;3-6H,1-2,7,11H2;1-2H;. The molecule has 4 N–H and O–H groups in total. The van der Waals surface area contributed by atoms with E-state index in [1.807, 2.05) is 60.7 Å². The average molecular weight is 980 g/mol. The summed E-state index contributed by atoms with van der Waals surface area (Å²) in [5.41, 5.74) is 8.87. The van der Waals surface area contributed by atoms with E-state index in [2.05, 4.69) is 34.3 Å². The van der Waals surface area contributed by atoms with Crippen molar-refractivity contribution < 1.29 is 36.6 Å². The van der Waals surface area contributed by atoms with E-state index in [0.29, 0.717) is 19.6 Å². The van der Waals surface area contributed by atoms with Gasteiger partial charge in [-0.1, -0.05) is 48.5 Å². The molecular formula is C54H70B6F4N4O4. The number of hydrogen-bond donors (Lipinski definition) is 3. The van der Waals surface area contributed by atoms with Crippen LogP contribution in [0.4, 0.5) is 27.2 Å². The normalized spacial score (nSPS) is 9.82. The number of amides is 2. The largest absolute Gasteiger partial charge is 0.444 e. The van der Waals surface area contributed by atoms with Gasteiger partial charge in [-0.2, -0.15) is 0 Å². The number of carbonyl (C=O) groups excluding carboxylic acids is 2. The lowest BCUT2D eigenvalue weighted by atomic mass is 8.81. The molecule has 0 spiro atoms. The van der Waals surface area contributed by atoms with Crippen LogP contribution >= 0.6 is 0 Å². The molecule has 0 aliphatic rings. The highest BCUT2D eigenvalue weighted by Crippen LogP contribution is 2.12. The average Bonchev–Trinajstić information content (AvgIpc) is 3.31. The Hall–Kier alpha value is -5.87. The minimum atomic E-state index is -0.593. The van der Waals surface area contributed by atoms with Crippen molar-refractivity contribution in [2.45, 2.75) is 104 Å². The molecule has 0 aliphatic heterocycles. The summed E-state index contributed by atoms with van der Waals surface area (Å²) in [6, 6.07) is 26.1. The summed E-state index contributed by atoms with van der Waals surface area (Å²) in [7, 11) is 23.5. The molecule has 0 saturated heterocycles. The SMILES string of the molecule is C#CC#CC#C.CC(C)(C)OC(=O)NCCCc1ccc(F)cc1.CN(CCCc1ccc(F)cc1)C(=O)OC(C)(C)C.CNCCCc1ccc(F)cc1.NCCCc1ccc(F)cc1.[B]B([B])B([B])[B]. The smallest absolute Gasteiger partial charge is 0.410 e. The molecule has 0 bridgehead atoms. The van der Waals surface area contributed by atoms with Crippen LogP contribution in [-0.2, 0) is 35.2 Å². The number of nitrogens with zero attached hydrogens (tertiary/aromatic N) is 1. The minimum Gasteiger partial charge on any atom is -0.444 e. The van der Waals surface area contributed by atoms with Crippen molar-refractivity contribution in [3.05, 3.63) is 143 Å². The van der Waals surface area contributed by atoms with Crippen molar-refractivity contribution in [2.24, 2.45) is 5.73 Å². The second-order valence-electron chi connectivity index (χ2n) is 17.8. The van der Waals surface area contributed by atoms with Crippen molar-refractivity contribution in [1.29, 1.82) is 0 Å². The summed E-state index contributed by atoms with van der Waals surface area (Å²) in [5, 5.41) is 5.76. The first-order valence-corrected chi connectivity index (χ1v) is 23.5. The molecule has 0 atom stereocenters. The highest BCUT2D eigenvalue weighted by Gasteiger charge is 2.19. The predicted molar refractivity (Wildman–Crippen MR) is 295 cm³/mol. The number of nitrogens with one attached hydrogen (secondary N) is 2. The van der Waals surface area contributed by atoms with Crippen LogP contribution in [0.1, 0.15) is 89.5 Å². The monoisotopic (exact) mass is 981 g/mol. The van der Waals surface area contributed by atoms with Crippen molar-refractivity contribution >= 4 is 55.9 Å². The first-order chi connectivity index (χ1) is 33.9. The lowest BCUT2D eigenvalue weighted by Crippen LogP contribution is -2.38. The van der Waals surface area contributed by atoms with Crippen molar-refractivity contribution in [3.63, 3.8) is 0 Å². The molecule has 2 amide bonds. The summed E-state index contributed by atoms with van der Waals surface area (Å²) in [6.07, 6.45) is 14.7. The van der Waals surface area contributed by atoms with Gasteiger partial charge >= 0.3 is 12.2 Å². The topological polar surface area (TPSA) is 106 Å².